The predicted molar refractivity (Wildman–Crippen MR) is 61.9 cm³/mol. The van der Waals surface area contributed by atoms with E-state index < -0.39 is 11.2 Å². The van der Waals surface area contributed by atoms with Crippen LogP contribution in [0.3, 0.4) is 0 Å². The Morgan fingerprint density at radius 2 is 2.18 bits per heavy atom. The molecule has 0 saturated heterocycles. The minimum atomic E-state index is -0.516. The van der Waals surface area contributed by atoms with Gasteiger partial charge in [-0.05, 0) is 6.42 Å². The summed E-state index contributed by atoms with van der Waals surface area (Å²) in [4.78, 5) is 31.9. The summed E-state index contributed by atoms with van der Waals surface area (Å²) in [6, 6.07) is 0. The van der Waals surface area contributed by atoms with Gasteiger partial charge in [-0.2, -0.15) is 4.98 Å². The average Bonchev–Trinajstić information content (AvgIpc) is 2.65. The molecule has 17 heavy (non-hydrogen) atoms. The monoisotopic (exact) mass is 239 g/mol. The van der Waals surface area contributed by atoms with Crippen molar-refractivity contribution >= 4 is 17.1 Å². The zero-order chi connectivity index (χ0) is 12.4. The highest BCUT2D eigenvalue weighted by Crippen LogP contribution is 2.05. The number of hydrogen-bond donors (Lipinski definition) is 3. The lowest BCUT2D eigenvalue weighted by Gasteiger charge is -2.04. The zero-order valence-electron chi connectivity index (χ0n) is 9.32. The van der Waals surface area contributed by atoms with Crippen molar-refractivity contribution in [2.75, 3.05) is 19.5 Å². The molecule has 92 valence electrons. The van der Waals surface area contributed by atoms with Crippen LogP contribution in [0.15, 0.2) is 9.59 Å². The molecular formula is C9H13N5O3. The number of nitrogens with two attached hydrogens (primary N) is 1. The van der Waals surface area contributed by atoms with E-state index in [2.05, 4.69) is 15.0 Å². The fourth-order valence-electron chi connectivity index (χ4n) is 1.63. The quantitative estimate of drug-likeness (QED) is 0.593. The van der Waals surface area contributed by atoms with Gasteiger partial charge in [-0.1, -0.05) is 0 Å². The Bertz CT molecular complexity index is 638. The van der Waals surface area contributed by atoms with Crippen molar-refractivity contribution in [2.45, 2.75) is 13.0 Å². The number of aryl methyl sites for hydroxylation is 1. The second-order valence-electron chi connectivity index (χ2n) is 3.58. The zero-order valence-corrected chi connectivity index (χ0v) is 9.32. The number of imidazole rings is 1. The maximum atomic E-state index is 11.6. The number of methoxy groups -OCH3 is 1. The van der Waals surface area contributed by atoms with Crippen molar-refractivity contribution in [1.82, 2.24) is 19.5 Å². The second kappa shape index (κ2) is 4.42. The van der Waals surface area contributed by atoms with Crippen LogP contribution < -0.4 is 17.0 Å². The van der Waals surface area contributed by atoms with Crippen molar-refractivity contribution < 1.29 is 4.74 Å². The minimum absolute atomic E-state index is 0.108. The molecule has 0 aliphatic rings. The summed E-state index contributed by atoms with van der Waals surface area (Å²) < 4.78 is 6.27. The Hall–Kier alpha value is -2.09. The topological polar surface area (TPSA) is 119 Å². The molecular weight excluding hydrogens is 226 g/mol. The number of aromatic amines is 2. The standard InChI is InChI=1S/C9H13N5O3/c1-17-4-2-3-14-6-5(11-8(10)12-6)7(15)13-9(14)16/h2-4H2,1H3,(H3,10,11,12)(H,13,15,16). The van der Waals surface area contributed by atoms with E-state index in [4.69, 9.17) is 10.5 Å². The second-order valence-corrected chi connectivity index (χ2v) is 3.58. The minimum Gasteiger partial charge on any atom is -0.385 e. The molecule has 0 atom stereocenters. The molecule has 0 bridgehead atoms. The maximum Gasteiger partial charge on any atom is 0.330 e. The summed E-state index contributed by atoms with van der Waals surface area (Å²) in [5.41, 5.74) is 4.94. The molecule has 2 rings (SSSR count). The van der Waals surface area contributed by atoms with Gasteiger partial charge in [-0.15, -0.1) is 0 Å². The van der Waals surface area contributed by atoms with Crippen LogP contribution in [-0.2, 0) is 11.3 Å². The number of nitrogen functional groups attached to an aromatic ring is 1. The Labute approximate surface area is 95.4 Å². The fourth-order valence-corrected chi connectivity index (χ4v) is 1.63. The number of ether oxygens (including phenoxy) is 1. The Morgan fingerprint density at radius 3 is 2.88 bits per heavy atom. The Kier molecular flexibility index (Phi) is 2.96. The van der Waals surface area contributed by atoms with Crippen LogP contribution >= 0.6 is 0 Å². The van der Waals surface area contributed by atoms with Crippen LogP contribution in [0.2, 0.25) is 0 Å². The van der Waals surface area contributed by atoms with Gasteiger partial charge < -0.3 is 15.5 Å². The molecule has 2 aromatic heterocycles. The lowest BCUT2D eigenvalue weighted by molar-refractivity contribution is 0.190. The number of hydrogen-bond acceptors (Lipinski definition) is 5. The molecule has 0 aliphatic heterocycles. The molecule has 2 aromatic rings. The molecule has 0 saturated carbocycles. The van der Waals surface area contributed by atoms with Crippen molar-refractivity contribution in [2.24, 2.45) is 0 Å². The third-order valence-corrected chi connectivity index (χ3v) is 2.38. The van der Waals surface area contributed by atoms with Gasteiger partial charge in [-0.3, -0.25) is 14.3 Å². The number of aromatic nitrogens is 4. The molecule has 4 N–H and O–H groups in total. The van der Waals surface area contributed by atoms with Crippen LogP contribution in [0.25, 0.3) is 11.2 Å². The van der Waals surface area contributed by atoms with Gasteiger partial charge in [0.2, 0.25) is 0 Å². The van der Waals surface area contributed by atoms with Crippen LogP contribution in [0.4, 0.5) is 5.95 Å². The van der Waals surface area contributed by atoms with E-state index in [1.807, 2.05) is 0 Å². The van der Waals surface area contributed by atoms with Gasteiger partial charge >= 0.3 is 5.69 Å². The van der Waals surface area contributed by atoms with E-state index >= 15 is 0 Å². The number of nitrogens with zero attached hydrogens (tertiary/aromatic N) is 2. The highest BCUT2D eigenvalue weighted by atomic mass is 16.5. The third kappa shape index (κ3) is 2.07. The molecule has 8 nitrogen and oxygen atoms in total. The fraction of sp³-hybridized carbons (Fsp3) is 0.444. The van der Waals surface area contributed by atoms with E-state index in [1.54, 1.807) is 7.11 Å². The van der Waals surface area contributed by atoms with Crippen molar-refractivity contribution in [3.8, 4) is 0 Å². The number of nitrogens with one attached hydrogen (secondary N) is 2. The average molecular weight is 239 g/mol. The molecule has 0 amide bonds. The molecule has 2 heterocycles. The first-order valence-electron chi connectivity index (χ1n) is 5.10. The van der Waals surface area contributed by atoms with Crippen molar-refractivity contribution in [1.29, 1.82) is 0 Å². The van der Waals surface area contributed by atoms with E-state index in [9.17, 15) is 9.59 Å². The summed E-state index contributed by atoms with van der Waals surface area (Å²) in [5, 5.41) is 0. The van der Waals surface area contributed by atoms with E-state index in [1.165, 1.54) is 4.57 Å². The number of fused-ring (bicyclic) bond motifs is 1. The summed E-state index contributed by atoms with van der Waals surface area (Å²) >= 11 is 0. The largest absolute Gasteiger partial charge is 0.385 e. The molecule has 8 heteroatoms. The molecule has 0 radical (unpaired) electrons. The molecule has 0 spiro atoms. The van der Waals surface area contributed by atoms with Crippen LogP contribution in [0.1, 0.15) is 6.42 Å². The van der Waals surface area contributed by atoms with E-state index in [0.717, 1.165) is 0 Å². The van der Waals surface area contributed by atoms with Crippen LogP contribution in [0, 0.1) is 0 Å². The van der Waals surface area contributed by atoms with Gasteiger partial charge in [0.05, 0.1) is 0 Å². The Morgan fingerprint density at radius 1 is 1.41 bits per heavy atom. The Balaban J connectivity index is 2.53. The predicted octanol–water partition coefficient (Wildman–Crippen LogP) is -0.968. The van der Waals surface area contributed by atoms with Gasteiger partial charge in [0.25, 0.3) is 5.56 Å². The summed E-state index contributed by atoms with van der Waals surface area (Å²) in [5.74, 6) is 0.108. The molecule has 0 fully saturated rings. The normalized spacial score (nSPS) is 11.1. The third-order valence-electron chi connectivity index (χ3n) is 2.38. The smallest absolute Gasteiger partial charge is 0.330 e. The van der Waals surface area contributed by atoms with Crippen molar-refractivity contribution in [3.05, 3.63) is 20.8 Å². The number of H-pyrrole nitrogens is 2. The first-order valence-corrected chi connectivity index (χ1v) is 5.10. The van der Waals surface area contributed by atoms with Gasteiger partial charge in [0.15, 0.2) is 17.1 Å². The highest BCUT2D eigenvalue weighted by Gasteiger charge is 2.11. The molecule has 0 unspecified atom stereocenters. The van der Waals surface area contributed by atoms with Crippen LogP contribution in [-0.4, -0.2) is 33.2 Å². The van der Waals surface area contributed by atoms with Gasteiger partial charge in [0.1, 0.15) is 0 Å². The summed E-state index contributed by atoms with van der Waals surface area (Å²) in [7, 11) is 1.58. The van der Waals surface area contributed by atoms with Gasteiger partial charge in [0, 0.05) is 20.3 Å². The summed E-state index contributed by atoms with van der Waals surface area (Å²) in [6.07, 6.45) is 0.643. The van der Waals surface area contributed by atoms with Gasteiger partial charge in [-0.25, -0.2) is 4.79 Å². The summed E-state index contributed by atoms with van der Waals surface area (Å²) in [6.45, 7) is 0.928. The first-order chi connectivity index (χ1) is 8.13. The lowest BCUT2D eigenvalue weighted by Crippen LogP contribution is -2.30. The van der Waals surface area contributed by atoms with Crippen LogP contribution in [0.5, 0.6) is 0 Å². The van der Waals surface area contributed by atoms with E-state index in [-0.39, 0.29) is 17.1 Å². The molecule has 0 aliphatic carbocycles. The lowest BCUT2D eigenvalue weighted by atomic mass is 10.4. The van der Waals surface area contributed by atoms with E-state index in [0.29, 0.717) is 19.6 Å². The first kappa shape index (κ1) is 11.4. The highest BCUT2D eigenvalue weighted by molar-refractivity contribution is 5.71. The molecule has 0 aromatic carbocycles. The van der Waals surface area contributed by atoms with Crippen molar-refractivity contribution in [3.63, 3.8) is 0 Å². The SMILES string of the molecule is COCCCn1c(=O)[nH]c(=O)c2[nH]c(N)nc21. The number of rotatable bonds is 4. The number of anilines is 1. The maximum absolute atomic E-state index is 11.6.